The van der Waals surface area contributed by atoms with Gasteiger partial charge in [0.1, 0.15) is 18.1 Å². The summed E-state index contributed by atoms with van der Waals surface area (Å²) in [4.78, 5) is 69.7. The van der Waals surface area contributed by atoms with Gasteiger partial charge in [0.25, 0.3) is 0 Å². The molecule has 45 heavy (non-hydrogen) atoms. The van der Waals surface area contributed by atoms with Crippen LogP contribution in [-0.4, -0.2) is 74.0 Å². The number of aromatic nitrogens is 2. The number of H-pyrrole nitrogens is 2. The van der Waals surface area contributed by atoms with Gasteiger partial charge in [-0.25, -0.2) is 4.79 Å². The highest BCUT2D eigenvalue weighted by Crippen LogP contribution is 2.21. The number of carboxylic acids is 2. The van der Waals surface area contributed by atoms with Crippen LogP contribution in [0.25, 0.3) is 21.8 Å². The van der Waals surface area contributed by atoms with Crippen molar-refractivity contribution < 1.29 is 34.2 Å². The zero-order valence-electron chi connectivity index (χ0n) is 25.0. The number of carboxylic acid groups (broad SMARTS) is 2. The summed E-state index contributed by atoms with van der Waals surface area (Å²) in [7, 11) is 0. The van der Waals surface area contributed by atoms with Crippen molar-refractivity contribution in [2.45, 2.75) is 63.7 Å². The van der Waals surface area contributed by atoms with E-state index >= 15 is 0 Å². The Morgan fingerprint density at radius 3 is 1.73 bits per heavy atom. The fourth-order valence-corrected chi connectivity index (χ4v) is 5.26. The molecule has 3 amide bonds. The van der Waals surface area contributed by atoms with Gasteiger partial charge in [-0.05, 0) is 42.0 Å². The van der Waals surface area contributed by atoms with Crippen LogP contribution in [-0.2, 0) is 36.8 Å². The number of amides is 3. The monoisotopic (exact) mass is 618 g/mol. The number of rotatable bonds is 15. The van der Waals surface area contributed by atoms with Crippen molar-refractivity contribution >= 4 is 51.5 Å². The predicted molar refractivity (Wildman–Crippen MR) is 167 cm³/mol. The molecule has 0 bridgehead atoms. The zero-order chi connectivity index (χ0) is 32.7. The Morgan fingerprint density at radius 1 is 0.711 bits per heavy atom. The van der Waals surface area contributed by atoms with Crippen molar-refractivity contribution in [1.82, 2.24) is 25.9 Å². The minimum absolute atomic E-state index is 0.00605. The maximum Gasteiger partial charge on any atom is 0.326 e. The molecule has 13 nitrogen and oxygen atoms in total. The van der Waals surface area contributed by atoms with Crippen molar-refractivity contribution in [3.05, 3.63) is 72.1 Å². The first kappa shape index (κ1) is 32.7. The van der Waals surface area contributed by atoms with Crippen LogP contribution >= 0.6 is 0 Å². The van der Waals surface area contributed by atoms with Crippen molar-refractivity contribution in [2.24, 2.45) is 11.7 Å². The molecule has 0 aliphatic heterocycles. The summed E-state index contributed by atoms with van der Waals surface area (Å²) >= 11 is 0. The molecule has 4 rings (SSSR count). The lowest BCUT2D eigenvalue weighted by molar-refractivity contribution is -0.144. The second kappa shape index (κ2) is 14.5. The lowest BCUT2D eigenvalue weighted by atomic mass is 10.0. The van der Waals surface area contributed by atoms with Crippen LogP contribution in [0.4, 0.5) is 0 Å². The SMILES string of the molecule is CC(C)CC(NC(=O)C(CC(=O)O)NC(=O)C(Cc1c[nH]c2ccccc12)NC(=O)C(N)Cc1c[nH]c2ccccc12)C(=O)O. The van der Waals surface area contributed by atoms with Gasteiger partial charge in [0, 0.05) is 40.6 Å². The van der Waals surface area contributed by atoms with E-state index in [1.807, 2.05) is 48.5 Å². The number of hydrogen-bond acceptors (Lipinski definition) is 6. The van der Waals surface area contributed by atoms with Gasteiger partial charge >= 0.3 is 11.9 Å². The van der Waals surface area contributed by atoms with Gasteiger partial charge in [0.05, 0.1) is 12.5 Å². The maximum atomic E-state index is 13.7. The highest BCUT2D eigenvalue weighted by atomic mass is 16.4. The summed E-state index contributed by atoms with van der Waals surface area (Å²) in [6.45, 7) is 3.56. The van der Waals surface area contributed by atoms with Crippen LogP contribution in [0.1, 0.15) is 37.8 Å². The van der Waals surface area contributed by atoms with E-state index in [-0.39, 0.29) is 25.2 Å². The Labute approximate surface area is 258 Å². The summed E-state index contributed by atoms with van der Waals surface area (Å²) in [6.07, 6.45) is 2.93. The van der Waals surface area contributed by atoms with Crippen molar-refractivity contribution in [3.8, 4) is 0 Å². The van der Waals surface area contributed by atoms with E-state index in [0.29, 0.717) is 5.56 Å². The fraction of sp³-hybridized carbons (Fsp3) is 0.344. The Bertz CT molecular complexity index is 1690. The van der Waals surface area contributed by atoms with Gasteiger partial charge in [-0.15, -0.1) is 0 Å². The third kappa shape index (κ3) is 8.48. The number of carbonyl (C=O) groups excluding carboxylic acids is 3. The number of aliphatic carboxylic acids is 2. The first-order valence-corrected chi connectivity index (χ1v) is 14.6. The second-order valence-electron chi connectivity index (χ2n) is 11.5. The number of aromatic amines is 2. The molecule has 4 atom stereocenters. The predicted octanol–water partition coefficient (Wildman–Crippen LogP) is 1.82. The van der Waals surface area contributed by atoms with Crippen molar-refractivity contribution in [1.29, 1.82) is 0 Å². The van der Waals surface area contributed by atoms with Crippen LogP contribution in [0.5, 0.6) is 0 Å². The third-order valence-corrected chi connectivity index (χ3v) is 7.52. The smallest absolute Gasteiger partial charge is 0.326 e. The van der Waals surface area contributed by atoms with Gasteiger partial charge < -0.3 is 41.9 Å². The van der Waals surface area contributed by atoms with Crippen LogP contribution in [0.3, 0.4) is 0 Å². The molecule has 9 N–H and O–H groups in total. The van der Waals surface area contributed by atoms with Crippen LogP contribution < -0.4 is 21.7 Å². The molecule has 0 spiro atoms. The van der Waals surface area contributed by atoms with Crippen LogP contribution in [0.15, 0.2) is 60.9 Å². The molecule has 0 radical (unpaired) electrons. The Hall–Kier alpha value is -5.17. The molecule has 2 aromatic heterocycles. The number of carbonyl (C=O) groups is 5. The molecule has 2 heterocycles. The Morgan fingerprint density at radius 2 is 1.20 bits per heavy atom. The Balaban J connectivity index is 1.56. The molecule has 0 saturated heterocycles. The molecule has 0 saturated carbocycles. The summed E-state index contributed by atoms with van der Waals surface area (Å²) in [5, 5.41) is 28.2. The molecule has 238 valence electrons. The van der Waals surface area contributed by atoms with E-state index < -0.39 is 60.2 Å². The number of fused-ring (bicyclic) bond motifs is 2. The largest absolute Gasteiger partial charge is 0.481 e. The quantitative estimate of drug-likeness (QED) is 0.0980. The molecular formula is C32H38N6O7. The van der Waals surface area contributed by atoms with E-state index in [4.69, 9.17) is 5.73 Å². The fourth-order valence-electron chi connectivity index (χ4n) is 5.26. The third-order valence-electron chi connectivity index (χ3n) is 7.52. The van der Waals surface area contributed by atoms with Gasteiger partial charge in [-0.1, -0.05) is 50.2 Å². The average molecular weight is 619 g/mol. The van der Waals surface area contributed by atoms with E-state index in [2.05, 4.69) is 25.9 Å². The molecule has 0 aliphatic carbocycles. The van der Waals surface area contributed by atoms with E-state index in [1.54, 1.807) is 26.2 Å². The summed E-state index contributed by atoms with van der Waals surface area (Å²) in [5.41, 5.74) is 9.49. The molecule has 4 aromatic rings. The number of para-hydroxylation sites is 2. The van der Waals surface area contributed by atoms with Crippen LogP contribution in [0, 0.1) is 5.92 Å². The summed E-state index contributed by atoms with van der Waals surface area (Å²) in [5.74, 6) is -5.17. The average Bonchev–Trinajstić information content (AvgIpc) is 3.59. The second-order valence-corrected chi connectivity index (χ2v) is 11.5. The molecule has 13 heteroatoms. The summed E-state index contributed by atoms with van der Waals surface area (Å²) in [6, 6.07) is 9.76. The zero-order valence-corrected chi connectivity index (χ0v) is 25.0. The van der Waals surface area contributed by atoms with E-state index in [9.17, 15) is 34.2 Å². The number of hydrogen-bond donors (Lipinski definition) is 8. The van der Waals surface area contributed by atoms with E-state index in [1.165, 1.54) is 0 Å². The topological polar surface area (TPSA) is 219 Å². The lowest BCUT2D eigenvalue weighted by Gasteiger charge is -2.25. The van der Waals surface area contributed by atoms with Gasteiger partial charge in [-0.3, -0.25) is 19.2 Å². The number of benzene rings is 2. The first-order valence-electron chi connectivity index (χ1n) is 14.6. The number of nitrogens with two attached hydrogens (primary N) is 1. The van der Waals surface area contributed by atoms with Gasteiger partial charge in [0.2, 0.25) is 17.7 Å². The molecule has 0 fully saturated rings. The minimum Gasteiger partial charge on any atom is -0.481 e. The number of nitrogens with one attached hydrogen (secondary N) is 5. The Kier molecular flexibility index (Phi) is 10.6. The standard InChI is InChI=1S/C32H38N6O7/c1-17(2)11-27(32(44)45)38-31(43)26(14-28(39)40)37-30(42)25(13-19-16-35-24-10-6-4-8-21(19)24)36-29(41)22(33)12-18-15-34-23-9-5-3-7-20(18)23/h3-10,15-17,22,25-27,34-35H,11-14,33H2,1-2H3,(H,36,41)(H,37,42)(H,38,43)(H,39,40)(H,44,45). The van der Waals surface area contributed by atoms with Crippen molar-refractivity contribution in [2.75, 3.05) is 0 Å². The maximum absolute atomic E-state index is 13.7. The highest BCUT2D eigenvalue weighted by Gasteiger charge is 2.32. The molecular weight excluding hydrogens is 580 g/mol. The van der Waals surface area contributed by atoms with Crippen LogP contribution in [0.2, 0.25) is 0 Å². The van der Waals surface area contributed by atoms with Gasteiger partial charge in [-0.2, -0.15) is 0 Å². The van der Waals surface area contributed by atoms with Crippen molar-refractivity contribution in [3.63, 3.8) is 0 Å². The molecule has 4 unspecified atom stereocenters. The summed E-state index contributed by atoms with van der Waals surface area (Å²) < 4.78 is 0. The molecule has 2 aromatic carbocycles. The van der Waals surface area contributed by atoms with E-state index in [0.717, 1.165) is 27.4 Å². The highest BCUT2D eigenvalue weighted by molar-refractivity contribution is 5.96. The lowest BCUT2D eigenvalue weighted by Crippen LogP contribution is -2.58. The van der Waals surface area contributed by atoms with Gasteiger partial charge in [0.15, 0.2) is 0 Å². The normalized spacial score (nSPS) is 14.0. The minimum atomic E-state index is -1.61. The molecule has 0 aliphatic rings. The first-order chi connectivity index (χ1) is 21.4.